The topological polar surface area (TPSA) is 152 Å². The number of benzene rings is 1. The number of nitrogens with zero attached hydrogens (tertiary/aromatic N) is 3. The first-order valence-corrected chi connectivity index (χ1v) is 9.27. The molecule has 0 spiro atoms. The number of hydrogen-bond donors (Lipinski definition) is 2. The zero-order valence-electron chi connectivity index (χ0n) is 17.6. The van der Waals surface area contributed by atoms with Crippen LogP contribution in [0.25, 0.3) is 11.1 Å². The summed E-state index contributed by atoms with van der Waals surface area (Å²) in [5.41, 5.74) is 2.49. The highest BCUT2D eigenvalue weighted by Gasteiger charge is 2.28. The molecule has 0 saturated carbocycles. The minimum atomic E-state index is -1.82. The van der Waals surface area contributed by atoms with E-state index in [1.165, 1.54) is 0 Å². The first-order valence-electron chi connectivity index (χ1n) is 9.27. The van der Waals surface area contributed by atoms with E-state index in [2.05, 4.69) is 9.88 Å². The summed E-state index contributed by atoms with van der Waals surface area (Å²) in [6, 6.07) is 11.8. The van der Waals surface area contributed by atoms with Gasteiger partial charge in [0.1, 0.15) is 11.7 Å². The standard InChI is InChI=1S/C19H23N3O2.C2H2O4.H2O/c1-21(2)10-9-16-13-22(3)19(23)17-11-15(12-20-18(17)24-16)14-7-5-4-6-8-14;3-1(4)2(5)6;/h4-8,11-12,16H,9-10,13H2,1-3H3;(H,3,4)(H,5,6);1H2. The summed E-state index contributed by atoms with van der Waals surface area (Å²) in [6.07, 6.45) is 2.58. The van der Waals surface area contributed by atoms with Crippen molar-refractivity contribution >= 4 is 17.8 Å². The van der Waals surface area contributed by atoms with Gasteiger partial charge in [-0.05, 0) is 32.1 Å². The van der Waals surface area contributed by atoms with Crippen molar-refractivity contribution in [2.45, 2.75) is 12.5 Å². The molecule has 31 heavy (non-hydrogen) atoms. The van der Waals surface area contributed by atoms with Crippen molar-refractivity contribution in [1.29, 1.82) is 0 Å². The maximum Gasteiger partial charge on any atom is 0.414 e. The maximum atomic E-state index is 12.7. The van der Waals surface area contributed by atoms with Crippen LogP contribution in [0, 0.1) is 0 Å². The van der Waals surface area contributed by atoms with E-state index in [4.69, 9.17) is 24.5 Å². The monoisotopic (exact) mass is 433 g/mol. The normalized spacial score (nSPS) is 14.9. The van der Waals surface area contributed by atoms with E-state index in [0.717, 1.165) is 24.1 Å². The molecule has 10 nitrogen and oxygen atoms in total. The Hall–Kier alpha value is -3.50. The number of rotatable bonds is 4. The highest BCUT2D eigenvalue weighted by molar-refractivity contribution is 6.27. The molecule has 0 bridgehead atoms. The predicted octanol–water partition coefficient (Wildman–Crippen LogP) is 0.864. The highest BCUT2D eigenvalue weighted by atomic mass is 16.5. The Bertz CT molecular complexity index is 891. The number of carboxylic acid groups (broad SMARTS) is 2. The molecule has 0 saturated heterocycles. The molecule has 0 aliphatic carbocycles. The van der Waals surface area contributed by atoms with Crippen LogP contribution in [-0.4, -0.2) is 88.7 Å². The van der Waals surface area contributed by atoms with Crippen LogP contribution < -0.4 is 4.74 Å². The summed E-state index contributed by atoms with van der Waals surface area (Å²) in [7, 11) is 5.88. The molecular weight excluding hydrogens is 406 g/mol. The van der Waals surface area contributed by atoms with E-state index < -0.39 is 11.9 Å². The number of aliphatic carboxylic acids is 2. The van der Waals surface area contributed by atoms with Crippen LogP contribution in [0.15, 0.2) is 42.6 Å². The molecule has 0 fully saturated rings. The molecule has 1 aromatic carbocycles. The summed E-state index contributed by atoms with van der Waals surface area (Å²) >= 11 is 0. The predicted molar refractivity (Wildman–Crippen MR) is 113 cm³/mol. The minimum Gasteiger partial charge on any atom is -0.473 e. The minimum absolute atomic E-state index is 0. The molecule has 1 unspecified atom stereocenters. The number of carbonyl (C=O) groups excluding carboxylic acids is 1. The zero-order valence-corrected chi connectivity index (χ0v) is 17.6. The second-order valence-corrected chi connectivity index (χ2v) is 7.07. The van der Waals surface area contributed by atoms with Crippen LogP contribution in [0.2, 0.25) is 0 Å². The third kappa shape index (κ3) is 7.36. The average molecular weight is 433 g/mol. The van der Waals surface area contributed by atoms with Crippen molar-refractivity contribution < 1.29 is 34.8 Å². The smallest absolute Gasteiger partial charge is 0.414 e. The van der Waals surface area contributed by atoms with Crippen molar-refractivity contribution in [3.63, 3.8) is 0 Å². The van der Waals surface area contributed by atoms with E-state index in [1.54, 1.807) is 11.1 Å². The molecule has 0 radical (unpaired) electrons. The van der Waals surface area contributed by atoms with Crippen molar-refractivity contribution in [1.82, 2.24) is 14.8 Å². The lowest BCUT2D eigenvalue weighted by Gasteiger charge is -2.21. The summed E-state index contributed by atoms with van der Waals surface area (Å²) in [6.45, 7) is 1.48. The Morgan fingerprint density at radius 3 is 2.32 bits per heavy atom. The quantitative estimate of drug-likeness (QED) is 0.674. The lowest BCUT2D eigenvalue weighted by atomic mass is 10.1. The molecular formula is C21H27N3O7. The lowest BCUT2D eigenvalue weighted by molar-refractivity contribution is -0.159. The van der Waals surface area contributed by atoms with Crippen molar-refractivity contribution in [3.8, 4) is 17.0 Å². The fraction of sp³-hybridized carbons (Fsp3) is 0.333. The third-order valence-electron chi connectivity index (χ3n) is 4.37. The van der Waals surface area contributed by atoms with E-state index in [9.17, 15) is 4.79 Å². The number of amides is 1. The van der Waals surface area contributed by atoms with Gasteiger partial charge < -0.3 is 30.2 Å². The van der Waals surface area contributed by atoms with Gasteiger partial charge in [0.15, 0.2) is 0 Å². The molecule has 168 valence electrons. The molecule has 1 amide bonds. The van der Waals surface area contributed by atoms with E-state index in [-0.39, 0.29) is 17.5 Å². The van der Waals surface area contributed by atoms with Gasteiger partial charge in [-0.3, -0.25) is 4.79 Å². The van der Waals surface area contributed by atoms with Gasteiger partial charge in [0.05, 0.1) is 6.54 Å². The Balaban J connectivity index is 0.000000607. The van der Waals surface area contributed by atoms with E-state index in [1.807, 2.05) is 57.5 Å². The van der Waals surface area contributed by atoms with Gasteiger partial charge in [0.2, 0.25) is 5.88 Å². The number of ether oxygens (including phenoxy) is 1. The first kappa shape index (κ1) is 25.5. The van der Waals surface area contributed by atoms with Gasteiger partial charge in [0, 0.05) is 25.4 Å². The maximum absolute atomic E-state index is 12.7. The third-order valence-corrected chi connectivity index (χ3v) is 4.37. The molecule has 4 N–H and O–H groups in total. The first-order chi connectivity index (χ1) is 14.2. The van der Waals surface area contributed by atoms with Gasteiger partial charge >= 0.3 is 11.9 Å². The van der Waals surface area contributed by atoms with Crippen molar-refractivity contribution in [2.24, 2.45) is 0 Å². The summed E-state index contributed by atoms with van der Waals surface area (Å²) < 4.78 is 6.04. The van der Waals surface area contributed by atoms with Crippen LogP contribution in [0.3, 0.4) is 0 Å². The van der Waals surface area contributed by atoms with E-state index >= 15 is 0 Å². The van der Waals surface area contributed by atoms with Gasteiger partial charge in [-0.25, -0.2) is 14.6 Å². The number of carboxylic acids is 2. The largest absolute Gasteiger partial charge is 0.473 e. The second kappa shape index (κ2) is 11.6. The van der Waals surface area contributed by atoms with Crippen molar-refractivity contribution in [3.05, 3.63) is 48.2 Å². The number of likely N-dealkylation sites (N-methyl/N-ethyl adjacent to an activating group) is 1. The van der Waals surface area contributed by atoms with Gasteiger partial charge in [0.25, 0.3) is 5.91 Å². The van der Waals surface area contributed by atoms with Gasteiger partial charge in [-0.15, -0.1) is 0 Å². The Morgan fingerprint density at radius 1 is 1.16 bits per heavy atom. The highest BCUT2D eigenvalue weighted by Crippen LogP contribution is 2.28. The SMILES string of the molecule is CN(C)CCC1CN(C)C(=O)c2cc(-c3ccccc3)cnc2O1.O.O=C(O)C(=O)O. The Morgan fingerprint density at radius 2 is 1.77 bits per heavy atom. The van der Waals surface area contributed by atoms with Crippen molar-refractivity contribution in [2.75, 3.05) is 34.2 Å². The molecule has 2 heterocycles. The number of carbonyl (C=O) groups is 3. The Labute approximate surface area is 180 Å². The van der Waals surface area contributed by atoms with E-state index in [0.29, 0.717) is 18.0 Å². The van der Waals surface area contributed by atoms with Crippen LogP contribution in [0.1, 0.15) is 16.8 Å². The molecule has 10 heteroatoms. The molecule has 1 atom stereocenters. The summed E-state index contributed by atoms with van der Waals surface area (Å²) in [4.78, 5) is 39.2. The van der Waals surface area contributed by atoms with Crippen LogP contribution >= 0.6 is 0 Å². The number of pyridine rings is 1. The number of fused-ring (bicyclic) bond motifs is 1. The fourth-order valence-corrected chi connectivity index (χ4v) is 2.83. The van der Waals surface area contributed by atoms with Crippen LogP contribution in [0.5, 0.6) is 5.88 Å². The molecule has 1 aromatic heterocycles. The molecule has 1 aliphatic rings. The second-order valence-electron chi connectivity index (χ2n) is 7.07. The number of hydrogen-bond acceptors (Lipinski definition) is 6. The zero-order chi connectivity index (χ0) is 22.3. The number of aromatic nitrogens is 1. The molecule has 2 aromatic rings. The van der Waals surface area contributed by atoms with Gasteiger partial charge in [-0.2, -0.15) is 0 Å². The van der Waals surface area contributed by atoms with Crippen LogP contribution in [-0.2, 0) is 9.59 Å². The van der Waals surface area contributed by atoms with Gasteiger partial charge in [-0.1, -0.05) is 30.3 Å². The average Bonchev–Trinajstić information content (AvgIpc) is 2.83. The van der Waals surface area contributed by atoms with Crippen LogP contribution in [0.4, 0.5) is 0 Å². The summed E-state index contributed by atoms with van der Waals surface area (Å²) in [5, 5.41) is 14.8. The molecule has 3 rings (SSSR count). The lowest BCUT2D eigenvalue weighted by Crippen LogP contribution is -2.35. The fourth-order valence-electron chi connectivity index (χ4n) is 2.83. The molecule has 1 aliphatic heterocycles. The Kier molecular flexibility index (Phi) is 9.58. The summed E-state index contributed by atoms with van der Waals surface area (Å²) in [5.74, 6) is -3.25.